The number of rotatable bonds is 3. The summed E-state index contributed by atoms with van der Waals surface area (Å²) in [5, 5.41) is 9.14. The molecule has 1 aliphatic carbocycles. The highest BCUT2D eigenvalue weighted by molar-refractivity contribution is 7.21. The van der Waals surface area contributed by atoms with Crippen molar-refractivity contribution in [3.05, 3.63) is 16.1 Å². The molecule has 1 saturated carbocycles. The van der Waals surface area contributed by atoms with Crippen LogP contribution in [0.2, 0.25) is 0 Å². The van der Waals surface area contributed by atoms with Gasteiger partial charge in [-0.25, -0.2) is 0 Å². The van der Waals surface area contributed by atoms with Crippen LogP contribution in [0.5, 0.6) is 0 Å². The fraction of sp³-hybridized carbons (Fsp3) is 0.500. The van der Waals surface area contributed by atoms with Crippen LogP contribution in [0.4, 0.5) is 5.69 Å². The van der Waals surface area contributed by atoms with Crippen LogP contribution >= 0.6 is 11.3 Å². The number of aryl methyl sites for hydroxylation is 2. The molecule has 0 aromatic carbocycles. The number of anilines is 1. The number of hydrogen-bond acceptors (Lipinski definition) is 5. The lowest BCUT2D eigenvalue weighted by molar-refractivity contribution is 0.0794. The first-order chi connectivity index (χ1) is 9.49. The van der Waals surface area contributed by atoms with Crippen LogP contribution in [0.3, 0.4) is 0 Å². The van der Waals surface area contributed by atoms with Crippen molar-refractivity contribution < 1.29 is 4.79 Å². The summed E-state index contributed by atoms with van der Waals surface area (Å²) in [5.74, 6) is 0.665. The largest absolute Gasteiger partial charge is 0.397 e. The number of nitrogens with zero attached hydrogens (tertiary/aromatic N) is 3. The standard InChI is InChI=1S/C14H18N4OS/c1-7-8(2)16-17-13-10(7)11(15)12(20-13)14(19)18(3)6-9-4-5-9/h9H,4-6,15H2,1-3H3. The number of hydrogen-bond donors (Lipinski definition) is 1. The first kappa shape index (κ1) is 13.3. The number of nitrogens with two attached hydrogens (primary N) is 1. The van der Waals surface area contributed by atoms with Gasteiger partial charge in [-0.15, -0.1) is 16.4 Å². The molecular formula is C14H18N4OS. The summed E-state index contributed by atoms with van der Waals surface area (Å²) in [6.45, 7) is 4.69. The third-order valence-corrected chi connectivity index (χ3v) is 4.98. The second kappa shape index (κ2) is 4.70. The minimum Gasteiger partial charge on any atom is -0.397 e. The molecule has 5 nitrogen and oxygen atoms in total. The number of amides is 1. The smallest absolute Gasteiger partial charge is 0.265 e. The summed E-state index contributed by atoms with van der Waals surface area (Å²) < 4.78 is 0. The molecule has 3 rings (SSSR count). The Morgan fingerprint density at radius 3 is 2.75 bits per heavy atom. The van der Waals surface area contributed by atoms with E-state index < -0.39 is 0 Å². The van der Waals surface area contributed by atoms with Crippen LogP contribution < -0.4 is 5.73 Å². The topological polar surface area (TPSA) is 72.1 Å². The molecule has 0 saturated heterocycles. The monoisotopic (exact) mass is 290 g/mol. The Kier molecular flexibility index (Phi) is 3.12. The van der Waals surface area contributed by atoms with E-state index in [0.29, 0.717) is 16.5 Å². The fourth-order valence-electron chi connectivity index (χ4n) is 2.34. The molecule has 2 aromatic heterocycles. The highest BCUT2D eigenvalue weighted by Gasteiger charge is 2.27. The SMILES string of the molecule is Cc1nnc2sc(C(=O)N(C)CC3CC3)c(N)c2c1C. The number of fused-ring (bicyclic) bond motifs is 1. The van der Waals surface area contributed by atoms with Gasteiger partial charge in [0, 0.05) is 19.0 Å². The zero-order valence-corrected chi connectivity index (χ0v) is 12.8. The summed E-state index contributed by atoms with van der Waals surface area (Å²) in [5.41, 5.74) is 8.60. The van der Waals surface area contributed by atoms with Gasteiger partial charge in [0.05, 0.1) is 11.4 Å². The molecule has 0 atom stereocenters. The van der Waals surface area contributed by atoms with Gasteiger partial charge in [-0.3, -0.25) is 4.79 Å². The van der Waals surface area contributed by atoms with E-state index in [9.17, 15) is 4.79 Å². The van der Waals surface area contributed by atoms with Crippen LogP contribution in [0.15, 0.2) is 0 Å². The van der Waals surface area contributed by atoms with Crippen molar-refractivity contribution in [1.29, 1.82) is 0 Å². The van der Waals surface area contributed by atoms with E-state index in [2.05, 4.69) is 10.2 Å². The lowest BCUT2D eigenvalue weighted by Gasteiger charge is -2.15. The highest BCUT2D eigenvalue weighted by atomic mass is 32.1. The Bertz CT molecular complexity index is 690. The second-order valence-electron chi connectivity index (χ2n) is 5.56. The van der Waals surface area contributed by atoms with Gasteiger partial charge in [-0.2, -0.15) is 5.10 Å². The first-order valence-electron chi connectivity index (χ1n) is 6.76. The molecule has 0 bridgehead atoms. The van der Waals surface area contributed by atoms with Crippen molar-refractivity contribution in [3.8, 4) is 0 Å². The predicted molar refractivity (Wildman–Crippen MR) is 81.0 cm³/mol. The Morgan fingerprint density at radius 1 is 1.40 bits per heavy atom. The maximum absolute atomic E-state index is 12.5. The maximum Gasteiger partial charge on any atom is 0.265 e. The third-order valence-electron chi connectivity index (χ3n) is 3.91. The molecule has 20 heavy (non-hydrogen) atoms. The summed E-state index contributed by atoms with van der Waals surface area (Å²) >= 11 is 1.34. The van der Waals surface area contributed by atoms with Crippen LogP contribution in [0, 0.1) is 19.8 Å². The number of thiophene rings is 1. The number of nitrogen functional groups attached to an aromatic ring is 1. The van der Waals surface area contributed by atoms with Gasteiger partial charge < -0.3 is 10.6 Å². The molecule has 2 heterocycles. The molecular weight excluding hydrogens is 272 g/mol. The van der Waals surface area contributed by atoms with E-state index in [1.807, 2.05) is 20.9 Å². The quantitative estimate of drug-likeness (QED) is 0.942. The van der Waals surface area contributed by atoms with Crippen LogP contribution in [-0.4, -0.2) is 34.6 Å². The maximum atomic E-state index is 12.5. The second-order valence-corrected chi connectivity index (χ2v) is 6.56. The van der Waals surface area contributed by atoms with Crippen LogP contribution in [-0.2, 0) is 0 Å². The molecule has 0 aliphatic heterocycles. The van der Waals surface area contributed by atoms with Crippen molar-refractivity contribution in [1.82, 2.24) is 15.1 Å². The van der Waals surface area contributed by atoms with E-state index in [1.54, 1.807) is 4.90 Å². The van der Waals surface area contributed by atoms with Gasteiger partial charge in [0.15, 0.2) is 0 Å². The first-order valence-corrected chi connectivity index (χ1v) is 7.58. The molecule has 6 heteroatoms. The fourth-order valence-corrected chi connectivity index (χ4v) is 3.44. The number of aromatic nitrogens is 2. The van der Waals surface area contributed by atoms with Crippen molar-refractivity contribution in [3.63, 3.8) is 0 Å². The van der Waals surface area contributed by atoms with E-state index in [-0.39, 0.29) is 5.91 Å². The van der Waals surface area contributed by atoms with Crippen molar-refractivity contribution in [2.45, 2.75) is 26.7 Å². The normalized spacial score (nSPS) is 14.8. The van der Waals surface area contributed by atoms with E-state index in [4.69, 9.17) is 5.73 Å². The van der Waals surface area contributed by atoms with Crippen LogP contribution in [0.1, 0.15) is 33.8 Å². The van der Waals surface area contributed by atoms with E-state index in [0.717, 1.165) is 28.0 Å². The Hall–Kier alpha value is -1.69. The minimum atomic E-state index is -0.00514. The van der Waals surface area contributed by atoms with Crippen molar-refractivity contribution in [2.24, 2.45) is 5.92 Å². The van der Waals surface area contributed by atoms with Gasteiger partial charge in [-0.05, 0) is 38.2 Å². The average Bonchev–Trinajstić information content (AvgIpc) is 3.16. The lowest BCUT2D eigenvalue weighted by Crippen LogP contribution is -2.28. The molecule has 0 radical (unpaired) electrons. The van der Waals surface area contributed by atoms with Gasteiger partial charge in [-0.1, -0.05) is 0 Å². The lowest BCUT2D eigenvalue weighted by atomic mass is 10.1. The molecule has 1 fully saturated rings. The average molecular weight is 290 g/mol. The zero-order chi connectivity index (χ0) is 14.4. The van der Waals surface area contributed by atoms with Gasteiger partial charge in [0.2, 0.25) is 0 Å². The number of carbonyl (C=O) groups is 1. The Labute approximate surface area is 121 Å². The summed E-state index contributed by atoms with van der Waals surface area (Å²) in [6.07, 6.45) is 2.45. The van der Waals surface area contributed by atoms with E-state index in [1.165, 1.54) is 24.2 Å². The minimum absolute atomic E-state index is 0.00514. The van der Waals surface area contributed by atoms with Crippen molar-refractivity contribution >= 4 is 33.1 Å². The van der Waals surface area contributed by atoms with E-state index >= 15 is 0 Å². The predicted octanol–water partition coefficient (Wildman–Crippen LogP) is 2.37. The van der Waals surface area contributed by atoms with Gasteiger partial charge in [0.25, 0.3) is 5.91 Å². The Morgan fingerprint density at radius 2 is 2.10 bits per heavy atom. The summed E-state index contributed by atoms with van der Waals surface area (Å²) in [6, 6.07) is 0. The molecule has 2 N–H and O–H groups in total. The van der Waals surface area contributed by atoms with Gasteiger partial charge >= 0.3 is 0 Å². The molecule has 0 unspecified atom stereocenters. The zero-order valence-electron chi connectivity index (χ0n) is 11.9. The molecule has 1 amide bonds. The summed E-state index contributed by atoms with van der Waals surface area (Å²) in [4.78, 5) is 15.6. The third kappa shape index (κ3) is 2.14. The van der Waals surface area contributed by atoms with Gasteiger partial charge in [0.1, 0.15) is 9.71 Å². The number of carbonyl (C=O) groups excluding carboxylic acids is 1. The molecule has 2 aromatic rings. The Balaban J connectivity index is 2.01. The molecule has 1 aliphatic rings. The van der Waals surface area contributed by atoms with Crippen LogP contribution in [0.25, 0.3) is 10.2 Å². The van der Waals surface area contributed by atoms with Crippen molar-refractivity contribution in [2.75, 3.05) is 19.3 Å². The highest BCUT2D eigenvalue weighted by Crippen LogP contribution is 2.36. The molecule has 106 valence electrons. The summed E-state index contributed by atoms with van der Waals surface area (Å²) in [7, 11) is 1.84. The molecule has 0 spiro atoms.